The topological polar surface area (TPSA) is 44.2 Å². The summed E-state index contributed by atoms with van der Waals surface area (Å²) in [5, 5.41) is 0.190. The Morgan fingerprint density at radius 2 is 2.29 bits per heavy atom. The molecule has 0 aliphatic carbocycles. The van der Waals surface area contributed by atoms with Gasteiger partial charge < -0.3 is 9.47 Å². The van der Waals surface area contributed by atoms with Gasteiger partial charge in [0.15, 0.2) is 0 Å². The second-order valence-corrected chi connectivity index (χ2v) is 3.35. The molecule has 0 aliphatic rings. The van der Waals surface area contributed by atoms with Crippen LogP contribution in [0.25, 0.3) is 0 Å². The summed E-state index contributed by atoms with van der Waals surface area (Å²) in [6, 6.07) is 0. The summed E-state index contributed by atoms with van der Waals surface area (Å²) in [4.78, 5) is 7.81. The predicted molar refractivity (Wildman–Crippen MR) is 53.7 cm³/mol. The summed E-state index contributed by atoms with van der Waals surface area (Å²) in [6.07, 6.45) is 1.58. The van der Waals surface area contributed by atoms with Crippen LogP contribution in [0.15, 0.2) is 6.20 Å². The molecule has 14 heavy (non-hydrogen) atoms. The number of ether oxygens (including phenoxy) is 2. The van der Waals surface area contributed by atoms with Crippen LogP contribution in [0.1, 0.15) is 12.5 Å². The van der Waals surface area contributed by atoms with Crippen molar-refractivity contribution in [3.8, 4) is 5.88 Å². The lowest BCUT2D eigenvalue weighted by molar-refractivity contribution is 0.0883. The maximum absolute atomic E-state index is 5.64. The molecule has 0 spiro atoms. The number of aryl methyl sites for hydroxylation is 1. The van der Waals surface area contributed by atoms with Crippen molar-refractivity contribution in [2.75, 3.05) is 13.7 Å². The second kappa shape index (κ2) is 5.12. The van der Waals surface area contributed by atoms with Crippen molar-refractivity contribution in [1.82, 2.24) is 9.97 Å². The van der Waals surface area contributed by atoms with E-state index >= 15 is 0 Å². The third-order valence-corrected chi connectivity index (χ3v) is 1.79. The number of methoxy groups -OCH3 is 1. The summed E-state index contributed by atoms with van der Waals surface area (Å²) in [5.74, 6) is 0.509. The van der Waals surface area contributed by atoms with Gasteiger partial charge in [0.05, 0.1) is 6.61 Å². The van der Waals surface area contributed by atoms with Gasteiger partial charge in [0, 0.05) is 18.9 Å². The Bertz CT molecular complexity index is 307. The lowest BCUT2D eigenvalue weighted by atomic mass is 10.3. The van der Waals surface area contributed by atoms with Crippen LogP contribution in [0.2, 0.25) is 5.28 Å². The van der Waals surface area contributed by atoms with Crippen LogP contribution in [0.3, 0.4) is 0 Å². The summed E-state index contributed by atoms with van der Waals surface area (Å²) >= 11 is 5.64. The molecule has 0 amide bonds. The average molecular weight is 217 g/mol. The van der Waals surface area contributed by atoms with E-state index in [0.717, 1.165) is 5.56 Å². The van der Waals surface area contributed by atoms with Gasteiger partial charge in [0.2, 0.25) is 11.2 Å². The monoisotopic (exact) mass is 216 g/mol. The molecule has 1 aromatic heterocycles. The van der Waals surface area contributed by atoms with E-state index in [2.05, 4.69) is 9.97 Å². The molecule has 0 saturated heterocycles. The predicted octanol–water partition coefficient (Wildman–Crippen LogP) is 1.85. The van der Waals surface area contributed by atoms with Crippen LogP contribution < -0.4 is 4.74 Å². The molecular weight excluding hydrogens is 204 g/mol. The highest BCUT2D eigenvalue weighted by atomic mass is 35.5. The molecule has 78 valence electrons. The van der Waals surface area contributed by atoms with Gasteiger partial charge in [-0.25, -0.2) is 4.98 Å². The van der Waals surface area contributed by atoms with Crippen molar-refractivity contribution in [2.45, 2.75) is 20.0 Å². The number of rotatable bonds is 4. The van der Waals surface area contributed by atoms with E-state index in [4.69, 9.17) is 21.1 Å². The summed E-state index contributed by atoms with van der Waals surface area (Å²) in [5.41, 5.74) is 0.859. The van der Waals surface area contributed by atoms with Crippen molar-refractivity contribution in [2.24, 2.45) is 0 Å². The second-order valence-electron chi connectivity index (χ2n) is 3.01. The first-order valence-electron chi connectivity index (χ1n) is 4.28. The molecular formula is C9H13ClN2O2. The molecule has 0 saturated carbocycles. The van der Waals surface area contributed by atoms with Gasteiger partial charge in [-0.3, -0.25) is 0 Å². The third kappa shape index (κ3) is 3.12. The molecule has 1 aromatic rings. The fraction of sp³-hybridized carbons (Fsp3) is 0.556. The first kappa shape index (κ1) is 11.2. The largest absolute Gasteiger partial charge is 0.472 e. The molecule has 0 radical (unpaired) electrons. The van der Waals surface area contributed by atoms with Gasteiger partial charge in [0.25, 0.3) is 0 Å². The van der Waals surface area contributed by atoms with Crippen molar-refractivity contribution >= 4 is 11.6 Å². The number of nitrogens with zero attached hydrogens (tertiary/aromatic N) is 2. The van der Waals surface area contributed by atoms with Crippen LogP contribution >= 0.6 is 11.6 Å². The molecule has 0 aliphatic heterocycles. The van der Waals surface area contributed by atoms with E-state index in [-0.39, 0.29) is 11.4 Å². The minimum absolute atomic E-state index is 0.0512. The van der Waals surface area contributed by atoms with E-state index in [1.54, 1.807) is 13.3 Å². The number of hydrogen-bond acceptors (Lipinski definition) is 4. The van der Waals surface area contributed by atoms with Crippen LogP contribution in [0.4, 0.5) is 0 Å². The van der Waals surface area contributed by atoms with Crippen LogP contribution in [0, 0.1) is 6.92 Å². The first-order valence-corrected chi connectivity index (χ1v) is 4.66. The van der Waals surface area contributed by atoms with E-state index in [1.165, 1.54) is 0 Å². The van der Waals surface area contributed by atoms with Crippen LogP contribution in [-0.2, 0) is 4.74 Å². The minimum Gasteiger partial charge on any atom is -0.472 e. The summed E-state index contributed by atoms with van der Waals surface area (Å²) < 4.78 is 10.5. The Kier molecular flexibility index (Phi) is 4.10. The number of aromatic nitrogens is 2. The van der Waals surface area contributed by atoms with Gasteiger partial charge in [-0.2, -0.15) is 4.98 Å². The van der Waals surface area contributed by atoms with Crippen molar-refractivity contribution in [1.29, 1.82) is 0 Å². The lowest BCUT2D eigenvalue weighted by Crippen LogP contribution is -2.19. The maximum atomic E-state index is 5.64. The van der Waals surface area contributed by atoms with Gasteiger partial charge >= 0.3 is 0 Å². The SMILES string of the molecule is COCC(C)Oc1nc(Cl)ncc1C. The highest BCUT2D eigenvalue weighted by molar-refractivity contribution is 6.28. The molecule has 1 atom stereocenters. The fourth-order valence-electron chi connectivity index (χ4n) is 0.985. The zero-order valence-corrected chi connectivity index (χ0v) is 9.21. The zero-order valence-electron chi connectivity index (χ0n) is 8.45. The highest BCUT2D eigenvalue weighted by Gasteiger charge is 2.08. The minimum atomic E-state index is -0.0512. The van der Waals surface area contributed by atoms with Crippen molar-refractivity contribution < 1.29 is 9.47 Å². The molecule has 0 N–H and O–H groups in total. The fourth-order valence-corrected chi connectivity index (χ4v) is 1.11. The summed E-state index contributed by atoms with van der Waals surface area (Å²) in [7, 11) is 1.62. The van der Waals surface area contributed by atoms with Crippen LogP contribution in [0.5, 0.6) is 5.88 Å². The quantitative estimate of drug-likeness (QED) is 0.721. The van der Waals surface area contributed by atoms with E-state index in [1.807, 2.05) is 13.8 Å². The Morgan fingerprint density at radius 3 is 2.93 bits per heavy atom. The molecule has 1 heterocycles. The number of halogens is 1. The Labute approximate surface area is 88.2 Å². The van der Waals surface area contributed by atoms with Crippen molar-refractivity contribution in [3.63, 3.8) is 0 Å². The van der Waals surface area contributed by atoms with Gasteiger partial charge in [-0.15, -0.1) is 0 Å². The normalized spacial score (nSPS) is 12.6. The van der Waals surface area contributed by atoms with E-state index < -0.39 is 0 Å². The maximum Gasteiger partial charge on any atom is 0.225 e. The van der Waals surface area contributed by atoms with Crippen LogP contribution in [-0.4, -0.2) is 29.8 Å². The Morgan fingerprint density at radius 1 is 1.57 bits per heavy atom. The Balaban J connectivity index is 2.70. The molecule has 0 aromatic carbocycles. The number of hydrogen-bond donors (Lipinski definition) is 0. The molecule has 0 bridgehead atoms. The molecule has 4 nitrogen and oxygen atoms in total. The standard InChI is InChI=1S/C9H13ClN2O2/c1-6-4-11-9(10)12-8(6)14-7(2)5-13-3/h4,7H,5H2,1-3H3. The molecule has 0 fully saturated rings. The van der Waals surface area contributed by atoms with Crippen molar-refractivity contribution in [3.05, 3.63) is 17.0 Å². The molecule has 1 rings (SSSR count). The highest BCUT2D eigenvalue weighted by Crippen LogP contribution is 2.16. The van der Waals surface area contributed by atoms with Gasteiger partial charge in [0.1, 0.15) is 6.10 Å². The lowest BCUT2D eigenvalue weighted by Gasteiger charge is -2.13. The molecule has 5 heteroatoms. The third-order valence-electron chi connectivity index (χ3n) is 1.61. The van der Waals surface area contributed by atoms with E-state index in [9.17, 15) is 0 Å². The smallest absolute Gasteiger partial charge is 0.225 e. The van der Waals surface area contributed by atoms with E-state index in [0.29, 0.717) is 12.5 Å². The Hall–Kier alpha value is -0.870. The zero-order chi connectivity index (χ0) is 10.6. The average Bonchev–Trinajstić information content (AvgIpc) is 2.12. The molecule has 1 unspecified atom stereocenters. The first-order chi connectivity index (χ1) is 6.63. The van der Waals surface area contributed by atoms with Gasteiger partial charge in [-0.1, -0.05) is 0 Å². The summed E-state index contributed by atoms with van der Waals surface area (Å²) in [6.45, 7) is 4.28. The van der Waals surface area contributed by atoms with Gasteiger partial charge in [-0.05, 0) is 25.4 Å².